The summed E-state index contributed by atoms with van der Waals surface area (Å²) in [5, 5.41) is 8.93. The number of rotatable bonds is 19. The van der Waals surface area contributed by atoms with Crippen molar-refractivity contribution < 1.29 is 9.90 Å². The Kier molecular flexibility index (Phi) is 16.0. The summed E-state index contributed by atoms with van der Waals surface area (Å²) < 4.78 is 0. The number of nitrogens with zero attached hydrogens (tertiary/aromatic N) is 1. The van der Waals surface area contributed by atoms with Gasteiger partial charge in [0.15, 0.2) is 0 Å². The zero-order chi connectivity index (χ0) is 19.7. The second-order valence-electron chi connectivity index (χ2n) is 7.81. The van der Waals surface area contributed by atoms with Gasteiger partial charge in [-0.15, -0.1) is 0 Å². The molecule has 0 bridgehead atoms. The molecule has 0 amide bonds. The van der Waals surface area contributed by atoms with E-state index >= 15 is 0 Å². The van der Waals surface area contributed by atoms with E-state index in [1.165, 1.54) is 77.0 Å². The van der Waals surface area contributed by atoms with Gasteiger partial charge in [-0.2, -0.15) is 0 Å². The molecule has 0 aromatic rings. The molecule has 0 spiro atoms. The predicted octanol–water partition coefficient (Wildman–Crippen LogP) is 3.38. The maximum atomic E-state index is 10.9. The summed E-state index contributed by atoms with van der Waals surface area (Å²) in [6.07, 6.45) is 18.3. The molecule has 0 fully saturated rings. The summed E-state index contributed by atoms with van der Waals surface area (Å²) in [6, 6.07) is 0. The maximum absolute atomic E-state index is 10.9. The van der Waals surface area contributed by atoms with Crippen LogP contribution in [0, 0.1) is 0 Å². The van der Waals surface area contributed by atoms with Gasteiger partial charge in [0, 0.05) is 6.54 Å². The quantitative estimate of drug-likeness (QED) is 0.204. The van der Waals surface area contributed by atoms with Crippen LogP contribution in [0.3, 0.4) is 0 Å². The van der Waals surface area contributed by atoms with Crippen molar-refractivity contribution in [2.45, 2.75) is 103 Å². The molecular weight excluding hydrogens is 328 g/mol. The first-order chi connectivity index (χ1) is 12.3. The van der Waals surface area contributed by atoms with Gasteiger partial charge in [0.2, 0.25) is 0 Å². The fourth-order valence-corrected chi connectivity index (χ4v) is 3.32. The molecule has 7 N–H and O–H groups in total. The Bertz CT molecular complexity index is 332. The summed E-state index contributed by atoms with van der Waals surface area (Å²) in [5.74, 6) is -2.22. The molecule has 0 atom stereocenters. The van der Waals surface area contributed by atoms with Gasteiger partial charge in [0.1, 0.15) is 5.79 Å². The van der Waals surface area contributed by atoms with Gasteiger partial charge < -0.3 is 22.3 Å². The lowest BCUT2D eigenvalue weighted by Crippen LogP contribution is -2.64. The van der Waals surface area contributed by atoms with Gasteiger partial charge in [-0.25, -0.2) is 0 Å². The highest BCUT2D eigenvalue weighted by atomic mass is 16.4. The Morgan fingerprint density at radius 2 is 1.15 bits per heavy atom. The standard InChI is InChI=1S/C20H44N4O2/c1-2-3-4-5-6-7-8-9-10-11-12-13-14-15-16-24(17-19(25)26)18-20(21,22)23/h2-18,21-23H2,1H3,(H,25,26). The number of carboxylic acid groups (broad SMARTS) is 1. The van der Waals surface area contributed by atoms with Gasteiger partial charge in [-0.1, -0.05) is 90.4 Å². The molecule has 0 rings (SSSR count). The first-order valence-corrected chi connectivity index (χ1v) is 10.7. The van der Waals surface area contributed by atoms with Crippen LogP contribution >= 0.6 is 0 Å². The summed E-state index contributed by atoms with van der Waals surface area (Å²) in [5.41, 5.74) is 16.7. The number of aliphatic carboxylic acids is 1. The molecule has 0 saturated carbocycles. The maximum Gasteiger partial charge on any atom is 0.317 e. The summed E-state index contributed by atoms with van der Waals surface area (Å²) in [4.78, 5) is 12.6. The molecule has 0 saturated heterocycles. The fourth-order valence-electron chi connectivity index (χ4n) is 3.32. The lowest BCUT2D eigenvalue weighted by Gasteiger charge is -2.28. The van der Waals surface area contributed by atoms with Crippen molar-refractivity contribution >= 4 is 5.97 Å². The van der Waals surface area contributed by atoms with Crippen LogP contribution in [-0.4, -0.2) is 41.4 Å². The van der Waals surface area contributed by atoms with Gasteiger partial charge >= 0.3 is 5.97 Å². The lowest BCUT2D eigenvalue weighted by molar-refractivity contribution is -0.138. The van der Waals surface area contributed by atoms with Gasteiger partial charge in [0.25, 0.3) is 0 Å². The Morgan fingerprint density at radius 1 is 0.769 bits per heavy atom. The van der Waals surface area contributed by atoms with E-state index in [1.54, 1.807) is 4.90 Å². The van der Waals surface area contributed by atoms with E-state index in [9.17, 15) is 4.79 Å². The van der Waals surface area contributed by atoms with Crippen LogP contribution in [0.15, 0.2) is 0 Å². The molecule has 0 aromatic carbocycles. The number of nitrogens with two attached hydrogens (primary N) is 3. The Labute approximate surface area is 160 Å². The molecule has 156 valence electrons. The summed E-state index contributed by atoms with van der Waals surface area (Å²) >= 11 is 0. The monoisotopic (exact) mass is 372 g/mol. The van der Waals surface area contributed by atoms with Gasteiger partial charge in [0.05, 0.1) is 6.54 Å². The Balaban J connectivity index is 3.46. The minimum Gasteiger partial charge on any atom is -0.480 e. The minimum atomic E-state index is -1.34. The molecule has 0 heterocycles. The number of carboxylic acids is 1. The van der Waals surface area contributed by atoms with Gasteiger partial charge in [-0.3, -0.25) is 9.69 Å². The van der Waals surface area contributed by atoms with E-state index in [1.807, 2.05) is 0 Å². The molecule has 26 heavy (non-hydrogen) atoms. The zero-order valence-electron chi connectivity index (χ0n) is 17.1. The highest BCUT2D eigenvalue weighted by Gasteiger charge is 2.19. The van der Waals surface area contributed by atoms with Crippen molar-refractivity contribution in [1.82, 2.24) is 4.90 Å². The van der Waals surface area contributed by atoms with Crippen molar-refractivity contribution in [3.05, 3.63) is 0 Å². The first-order valence-electron chi connectivity index (χ1n) is 10.7. The van der Waals surface area contributed by atoms with E-state index in [0.717, 1.165) is 12.8 Å². The Hall–Kier alpha value is -0.690. The fraction of sp³-hybridized carbons (Fsp3) is 0.950. The second-order valence-corrected chi connectivity index (χ2v) is 7.81. The van der Waals surface area contributed by atoms with Crippen LogP contribution in [0.4, 0.5) is 0 Å². The molecule has 0 unspecified atom stereocenters. The average Bonchev–Trinajstić information content (AvgIpc) is 2.53. The molecule has 0 radical (unpaired) electrons. The molecule has 0 aromatic heterocycles. The topological polar surface area (TPSA) is 119 Å². The van der Waals surface area contributed by atoms with Crippen LogP contribution in [-0.2, 0) is 4.79 Å². The number of unbranched alkanes of at least 4 members (excludes halogenated alkanes) is 13. The van der Waals surface area contributed by atoms with Crippen molar-refractivity contribution in [2.24, 2.45) is 17.2 Å². The van der Waals surface area contributed by atoms with Crippen LogP contribution in [0.5, 0.6) is 0 Å². The highest BCUT2D eigenvalue weighted by Crippen LogP contribution is 2.13. The summed E-state index contributed by atoms with van der Waals surface area (Å²) in [6.45, 7) is 3.07. The molecule has 0 aliphatic rings. The third kappa shape index (κ3) is 19.6. The third-order valence-corrected chi connectivity index (χ3v) is 4.68. The molecule has 0 aliphatic carbocycles. The average molecular weight is 373 g/mol. The van der Waals surface area contributed by atoms with E-state index in [-0.39, 0.29) is 13.1 Å². The smallest absolute Gasteiger partial charge is 0.317 e. The molecular formula is C20H44N4O2. The third-order valence-electron chi connectivity index (χ3n) is 4.68. The van der Waals surface area contributed by atoms with Crippen molar-refractivity contribution in [2.75, 3.05) is 19.6 Å². The Morgan fingerprint density at radius 3 is 1.50 bits per heavy atom. The molecule has 6 nitrogen and oxygen atoms in total. The van der Waals surface area contributed by atoms with Crippen LogP contribution in [0.1, 0.15) is 96.8 Å². The highest BCUT2D eigenvalue weighted by molar-refractivity contribution is 5.69. The molecule has 0 aliphatic heterocycles. The lowest BCUT2D eigenvalue weighted by atomic mass is 10.0. The zero-order valence-corrected chi connectivity index (χ0v) is 17.1. The second kappa shape index (κ2) is 16.5. The van der Waals surface area contributed by atoms with Crippen molar-refractivity contribution in [3.63, 3.8) is 0 Å². The largest absolute Gasteiger partial charge is 0.480 e. The van der Waals surface area contributed by atoms with E-state index in [4.69, 9.17) is 22.3 Å². The minimum absolute atomic E-state index is 0.0637. The summed E-state index contributed by atoms with van der Waals surface area (Å²) in [7, 11) is 0. The predicted molar refractivity (Wildman–Crippen MR) is 110 cm³/mol. The van der Waals surface area contributed by atoms with E-state index in [0.29, 0.717) is 6.54 Å². The first kappa shape index (κ1) is 25.3. The van der Waals surface area contributed by atoms with E-state index in [2.05, 4.69) is 6.92 Å². The number of carbonyl (C=O) groups is 1. The van der Waals surface area contributed by atoms with Gasteiger partial charge in [-0.05, 0) is 13.0 Å². The van der Waals surface area contributed by atoms with Crippen molar-refractivity contribution in [3.8, 4) is 0 Å². The normalized spacial score (nSPS) is 12.0. The SMILES string of the molecule is CCCCCCCCCCCCCCCCN(CC(=O)O)CC(N)(N)N. The number of hydrogen-bond acceptors (Lipinski definition) is 5. The van der Waals surface area contributed by atoms with E-state index < -0.39 is 11.8 Å². The van der Waals surface area contributed by atoms with Crippen molar-refractivity contribution in [1.29, 1.82) is 0 Å². The van der Waals surface area contributed by atoms with Crippen LogP contribution in [0.25, 0.3) is 0 Å². The number of hydrogen-bond donors (Lipinski definition) is 4. The van der Waals surface area contributed by atoms with Crippen LogP contribution in [0.2, 0.25) is 0 Å². The van der Waals surface area contributed by atoms with Crippen LogP contribution < -0.4 is 17.2 Å². The molecule has 6 heteroatoms.